The lowest BCUT2D eigenvalue weighted by Gasteiger charge is -2.20. The number of ether oxygens (including phenoxy) is 1. The molecule has 0 aliphatic heterocycles. The van der Waals surface area contributed by atoms with E-state index in [2.05, 4.69) is 15.9 Å². The van der Waals surface area contributed by atoms with Gasteiger partial charge in [-0.2, -0.15) is 0 Å². The number of benzene rings is 1. The Morgan fingerprint density at radius 1 is 1.40 bits per heavy atom. The first-order valence-electron chi connectivity index (χ1n) is 6.55. The minimum Gasteiger partial charge on any atom is -0.443 e. The third-order valence-corrected chi connectivity index (χ3v) is 3.50. The van der Waals surface area contributed by atoms with E-state index in [1.165, 1.54) is 0 Å². The molecule has 0 radical (unpaired) electrons. The second kappa shape index (κ2) is 5.58. The summed E-state index contributed by atoms with van der Waals surface area (Å²) < 4.78 is 7.87. The standard InChI is InChI=1S/C15H19BrN2O2/c1-15(2,3)20-14(19)18-9-10(7-8-17)11-5-4-6-12(16)13(11)18/h4-6,9H,7-8,17H2,1-3H3. The number of hydrogen-bond acceptors (Lipinski definition) is 3. The maximum absolute atomic E-state index is 12.3. The highest BCUT2D eigenvalue weighted by molar-refractivity contribution is 9.10. The van der Waals surface area contributed by atoms with Gasteiger partial charge in [0.15, 0.2) is 0 Å². The van der Waals surface area contributed by atoms with Gasteiger partial charge in [0, 0.05) is 16.1 Å². The Hall–Kier alpha value is -1.33. The fourth-order valence-electron chi connectivity index (χ4n) is 2.12. The average molecular weight is 339 g/mol. The van der Waals surface area contributed by atoms with Crippen LogP contribution in [0.25, 0.3) is 10.9 Å². The highest BCUT2D eigenvalue weighted by atomic mass is 79.9. The molecule has 4 nitrogen and oxygen atoms in total. The molecule has 0 fully saturated rings. The second-order valence-electron chi connectivity index (χ2n) is 5.68. The molecular formula is C15H19BrN2O2. The summed E-state index contributed by atoms with van der Waals surface area (Å²) in [5.41, 5.74) is 6.99. The van der Waals surface area contributed by atoms with Gasteiger partial charge in [-0.25, -0.2) is 4.79 Å². The maximum Gasteiger partial charge on any atom is 0.419 e. The summed E-state index contributed by atoms with van der Waals surface area (Å²) in [6, 6.07) is 5.85. The molecule has 0 spiro atoms. The van der Waals surface area contributed by atoms with Crippen molar-refractivity contribution in [2.75, 3.05) is 6.54 Å². The molecule has 0 unspecified atom stereocenters. The number of carbonyl (C=O) groups is 1. The van der Waals surface area contributed by atoms with Crippen molar-refractivity contribution in [3.8, 4) is 0 Å². The van der Waals surface area contributed by atoms with Crippen molar-refractivity contribution in [2.45, 2.75) is 32.8 Å². The van der Waals surface area contributed by atoms with E-state index in [1.807, 2.05) is 45.2 Å². The van der Waals surface area contributed by atoms with Gasteiger partial charge in [0.1, 0.15) is 5.60 Å². The molecule has 0 amide bonds. The number of para-hydroxylation sites is 1. The molecule has 1 aromatic heterocycles. The number of nitrogens with two attached hydrogens (primary N) is 1. The van der Waals surface area contributed by atoms with E-state index in [0.29, 0.717) is 6.54 Å². The van der Waals surface area contributed by atoms with E-state index >= 15 is 0 Å². The Bertz CT molecular complexity index is 641. The molecule has 1 aromatic carbocycles. The summed E-state index contributed by atoms with van der Waals surface area (Å²) in [5, 5.41) is 1.02. The smallest absolute Gasteiger partial charge is 0.419 e. The van der Waals surface area contributed by atoms with Crippen molar-refractivity contribution in [3.05, 3.63) is 34.4 Å². The summed E-state index contributed by atoms with van der Waals surface area (Å²) in [4.78, 5) is 12.3. The van der Waals surface area contributed by atoms with Crippen LogP contribution in [0.3, 0.4) is 0 Å². The molecule has 2 N–H and O–H groups in total. The third kappa shape index (κ3) is 3.04. The Morgan fingerprint density at radius 3 is 2.70 bits per heavy atom. The lowest BCUT2D eigenvalue weighted by atomic mass is 10.1. The van der Waals surface area contributed by atoms with Crippen LogP contribution in [0, 0.1) is 0 Å². The van der Waals surface area contributed by atoms with Gasteiger partial charge in [-0.3, -0.25) is 4.57 Å². The van der Waals surface area contributed by atoms with Crippen molar-refractivity contribution < 1.29 is 9.53 Å². The molecule has 0 saturated carbocycles. The van der Waals surface area contributed by atoms with Crippen LogP contribution in [0.2, 0.25) is 0 Å². The van der Waals surface area contributed by atoms with Gasteiger partial charge < -0.3 is 10.5 Å². The van der Waals surface area contributed by atoms with Crippen molar-refractivity contribution in [1.82, 2.24) is 4.57 Å². The first-order valence-corrected chi connectivity index (χ1v) is 7.34. The number of fused-ring (bicyclic) bond motifs is 1. The fraction of sp³-hybridized carbons (Fsp3) is 0.400. The topological polar surface area (TPSA) is 57.2 Å². The van der Waals surface area contributed by atoms with Gasteiger partial charge in [-0.05, 0) is 61.3 Å². The Morgan fingerprint density at radius 2 is 2.10 bits per heavy atom. The SMILES string of the molecule is CC(C)(C)OC(=O)n1cc(CCN)c2cccc(Br)c21. The van der Waals surface area contributed by atoms with Crippen molar-refractivity contribution >= 4 is 32.9 Å². The largest absolute Gasteiger partial charge is 0.443 e. The quantitative estimate of drug-likeness (QED) is 0.908. The molecule has 0 bridgehead atoms. The minimum absolute atomic E-state index is 0.377. The van der Waals surface area contributed by atoms with Crippen LogP contribution in [-0.4, -0.2) is 22.8 Å². The predicted molar refractivity (Wildman–Crippen MR) is 84.0 cm³/mol. The van der Waals surface area contributed by atoms with Crippen LogP contribution in [0.15, 0.2) is 28.9 Å². The molecule has 20 heavy (non-hydrogen) atoms. The van der Waals surface area contributed by atoms with Crippen LogP contribution < -0.4 is 5.73 Å². The van der Waals surface area contributed by atoms with Crippen molar-refractivity contribution in [1.29, 1.82) is 0 Å². The molecule has 0 aliphatic carbocycles. The number of nitrogens with zero attached hydrogens (tertiary/aromatic N) is 1. The molecule has 1 heterocycles. The lowest BCUT2D eigenvalue weighted by molar-refractivity contribution is 0.0544. The van der Waals surface area contributed by atoms with Crippen molar-refractivity contribution in [3.63, 3.8) is 0 Å². The Balaban J connectivity index is 2.55. The number of hydrogen-bond donors (Lipinski definition) is 1. The van der Waals surface area contributed by atoms with Crippen LogP contribution >= 0.6 is 15.9 Å². The first-order chi connectivity index (χ1) is 9.33. The summed E-state index contributed by atoms with van der Waals surface area (Å²) >= 11 is 3.50. The predicted octanol–water partition coefficient (Wildman–Crippen LogP) is 3.69. The molecule has 5 heteroatoms. The van der Waals surface area contributed by atoms with Crippen LogP contribution in [-0.2, 0) is 11.2 Å². The zero-order valence-corrected chi connectivity index (χ0v) is 13.5. The van der Waals surface area contributed by atoms with Gasteiger partial charge in [0.05, 0.1) is 5.52 Å². The third-order valence-electron chi connectivity index (χ3n) is 2.86. The van der Waals surface area contributed by atoms with Crippen LogP contribution in [0.4, 0.5) is 4.79 Å². The zero-order valence-electron chi connectivity index (χ0n) is 11.9. The van der Waals surface area contributed by atoms with Crippen molar-refractivity contribution in [2.24, 2.45) is 5.73 Å². The lowest BCUT2D eigenvalue weighted by Crippen LogP contribution is -2.26. The molecule has 2 aromatic rings. The normalized spacial score (nSPS) is 11.8. The van der Waals surface area contributed by atoms with E-state index in [-0.39, 0.29) is 6.09 Å². The van der Waals surface area contributed by atoms with E-state index in [1.54, 1.807) is 4.57 Å². The van der Waals surface area contributed by atoms with Gasteiger partial charge in [0.2, 0.25) is 0 Å². The van der Waals surface area contributed by atoms with Crippen LogP contribution in [0.5, 0.6) is 0 Å². The second-order valence-corrected chi connectivity index (χ2v) is 6.53. The summed E-state index contributed by atoms with van der Waals surface area (Å²) in [6.45, 7) is 6.10. The van der Waals surface area contributed by atoms with E-state index in [9.17, 15) is 4.79 Å². The number of rotatable bonds is 2. The fourth-order valence-corrected chi connectivity index (χ4v) is 2.68. The maximum atomic E-state index is 12.3. The summed E-state index contributed by atoms with van der Waals surface area (Å²) in [6.07, 6.45) is 2.16. The Kier molecular flexibility index (Phi) is 4.20. The number of carbonyl (C=O) groups excluding carboxylic acids is 1. The average Bonchev–Trinajstić information content (AvgIpc) is 2.68. The van der Waals surface area contributed by atoms with Crippen LogP contribution in [0.1, 0.15) is 26.3 Å². The molecule has 0 saturated heterocycles. The summed E-state index contributed by atoms with van der Waals surface area (Å²) in [7, 11) is 0. The number of aromatic nitrogens is 1. The van der Waals surface area contributed by atoms with Gasteiger partial charge in [-0.15, -0.1) is 0 Å². The number of halogens is 1. The van der Waals surface area contributed by atoms with Gasteiger partial charge in [0.25, 0.3) is 0 Å². The molecule has 0 atom stereocenters. The molecule has 108 valence electrons. The van der Waals surface area contributed by atoms with Gasteiger partial charge in [-0.1, -0.05) is 12.1 Å². The molecule has 0 aliphatic rings. The molecule has 2 rings (SSSR count). The first kappa shape index (κ1) is 15.1. The minimum atomic E-state index is -0.525. The monoisotopic (exact) mass is 338 g/mol. The van der Waals surface area contributed by atoms with E-state index < -0.39 is 5.60 Å². The summed E-state index contributed by atoms with van der Waals surface area (Å²) in [5.74, 6) is 0. The van der Waals surface area contributed by atoms with E-state index in [4.69, 9.17) is 10.5 Å². The Labute approximate surface area is 127 Å². The zero-order chi connectivity index (χ0) is 14.9. The highest BCUT2D eigenvalue weighted by Gasteiger charge is 2.21. The van der Waals surface area contributed by atoms with Gasteiger partial charge >= 0.3 is 6.09 Å². The highest BCUT2D eigenvalue weighted by Crippen LogP contribution is 2.29. The molecular weight excluding hydrogens is 320 g/mol. The van der Waals surface area contributed by atoms with E-state index in [0.717, 1.165) is 27.4 Å².